The third-order valence-electron chi connectivity index (χ3n) is 3.10. The van der Waals surface area contributed by atoms with E-state index in [4.69, 9.17) is 4.42 Å². The van der Waals surface area contributed by atoms with Crippen molar-refractivity contribution in [3.63, 3.8) is 0 Å². The quantitative estimate of drug-likeness (QED) is 0.527. The zero-order chi connectivity index (χ0) is 15.4. The summed E-state index contributed by atoms with van der Waals surface area (Å²) in [5, 5.41) is 10.7. The fourth-order valence-corrected chi connectivity index (χ4v) is 2.96. The lowest BCUT2D eigenvalue weighted by Gasteiger charge is -2.07. The minimum Gasteiger partial charge on any atom is -0.467 e. The van der Waals surface area contributed by atoms with E-state index in [1.165, 1.54) is 0 Å². The van der Waals surface area contributed by atoms with Gasteiger partial charge < -0.3 is 8.98 Å². The molecule has 0 spiro atoms. The van der Waals surface area contributed by atoms with Gasteiger partial charge in [-0.1, -0.05) is 30.3 Å². The summed E-state index contributed by atoms with van der Waals surface area (Å²) in [5.74, 6) is 0.897. The fourth-order valence-electron chi connectivity index (χ4n) is 2.10. The summed E-state index contributed by atoms with van der Waals surface area (Å²) in [5.41, 5.74) is 3.20. The van der Waals surface area contributed by atoms with Crippen molar-refractivity contribution in [2.45, 2.75) is 20.4 Å². The minimum atomic E-state index is 0.637. The molecule has 2 heterocycles. The third-order valence-corrected chi connectivity index (χ3v) is 3.95. The molecule has 0 aliphatic carbocycles. The van der Waals surface area contributed by atoms with Crippen LogP contribution >= 0.6 is 11.3 Å². The van der Waals surface area contributed by atoms with Gasteiger partial charge in [0.25, 0.3) is 0 Å². The average Bonchev–Trinajstić information content (AvgIpc) is 3.16. The first-order chi connectivity index (χ1) is 10.7. The molecule has 4 nitrogen and oxygen atoms in total. The Morgan fingerprint density at radius 3 is 2.64 bits per heavy atom. The largest absolute Gasteiger partial charge is 0.467 e. The Kier molecular flexibility index (Phi) is 4.34. The summed E-state index contributed by atoms with van der Waals surface area (Å²) in [6.07, 6.45) is 1.69. The van der Waals surface area contributed by atoms with Crippen molar-refractivity contribution in [3.05, 3.63) is 64.7 Å². The number of thiazole rings is 1. The van der Waals surface area contributed by atoms with Gasteiger partial charge in [-0.15, -0.1) is 16.4 Å². The third kappa shape index (κ3) is 3.26. The van der Waals surface area contributed by atoms with Crippen LogP contribution in [0.3, 0.4) is 0 Å². The van der Waals surface area contributed by atoms with Gasteiger partial charge in [0.1, 0.15) is 5.76 Å². The van der Waals surface area contributed by atoms with E-state index in [9.17, 15) is 0 Å². The molecule has 0 N–H and O–H groups in total. The molecule has 3 aromatic rings. The molecule has 0 fully saturated rings. The number of nitrogens with zero attached hydrogens (tertiary/aromatic N) is 3. The molecule has 112 valence electrons. The molecular weight excluding hydrogens is 294 g/mol. The maximum absolute atomic E-state index is 5.48. The van der Waals surface area contributed by atoms with Crippen molar-refractivity contribution in [2.75, 3.05) is 0 Å². The molecule has 0 saturated carbocycles. The van der Waals surface area contributed by atoms with E-state index in [0.29, 0.717) is 6.54 Å². The Morgan fingerprint density at radius 1 is 1.14 bits per heavy atom. The lowest BCUT2D eigenvalue weighted by Crippen LogP contribution is -2.16. The van der Waals surface area contributed by atoms with Gasteiger partial charge in [-0.2, -0.15) is 5.10 Å². The fraction of sp³-hybridized carbons (Fsp3) is 0.176. The van der Waals surface area contributed by atoms with Crippen LogP contribution in [0.2, 0.25) is 0 Å². The highest BCUT2D eigenvalue weighted by molar-refractivity contribution is 7.07. The summed E-state index contributed by atoms with van der Waals surface area (Å²) < 4.78 is 7.61. The molecule has 0 radical (unpaired) electrons. The summed E-state index contributed by atoms with van der Waals surface area (Å²) in [6, 6.07) is 14.2. The molecule has 0 aliphatic heterocycles. The topological polar surface area (TPSA) is 42.8 Å². The standard InChI is InChI=1S/C17H17N3OS/c1-13(2)18-19-17-20(11-15-9-6-10-21-15)16(12-22-17)14-7-4-3-5-8-14/h3-10,12H,11H2,1-2H3/b19-17+. The highest BCUT2D eigenvalue weighted by atomic mass is 32.1. The van der Waals surface area contributed by atoms with E-state index in [1.54, 1.807) is 17.6 Å². The van der Waals surface area contributed by atoms with Gasteiger partial charge in [-0.05, 0) is 31.5 Å². The number of hydrogen-bond acceptors (Lipinski definition) is 4. The van der Waals surface area contributed by atoms with Crippen LogP contribution in [-0.4, -0.2) is 10.3 Å². The molecule has 0 unspecified atom stereocenters. The Morgan fingerprint density at radius 2 is 1.95 bits per heavy atom. The minimum absolute atomic E-state index is 0.637. The molecule has 22 heavy (non-hydrogen) atoms. The number of furan rings is 1. The van der Waals surface area contributed by atoms with Crippen LogP contribution in [0.4, 0.5) is 0 Å². The zero-order valence-electron chi connectivity index (χ0n) is 12.6. The van der Waals surface area contributed by atoms with Gasteiger partial charge >= 0.3 is 0 Å². The molecule has 0 amide bonds. The van der Waals surface area contributed by atoms with Crippen molar-refractivity contribution in [1.82, 2.24) is 4.57 Å². The maximum Gasteiger partial charge on any atom is 0.211 e. The highest BCUT2D eigenvalue weighted by Crippen LogP contribution is 2.20. The van der Waals surface area contributed by atoms with Gasteiger partial charge in [0.05, 0.1) is 18.5 Å². The first kappa shape index (κ1) is 14.5. The smallest absolute Gasteiger partial charge is 0.211 e. The summed E-state index contributed by atoms with van der Waals surface area (Å²) >= 11 is 1.58. The maximum atomic E-state index is 5.48. The van der Waals surface area contributed by atoms with E-state index >= 15 is 0 Å². The summed E-state index contributed by atoms with van der Waals surface area (Å²) in [7, 11) is 0. The normalized spacial score (nSPS) is 11.6. The van der Waals surface area contributed by atoms with E-state index in [0.717, 1.165) is 27.5 Å². The molecule has 0 saturated heterocycles. The van der Waals surface area contributed by atoms with Crippen LogP contribution in [0.1, 0.15) is 19.6 Å². The Balaban J connectivity index is 2.11. The number of aromatic nitrogens is 1. The molecule has 0 aliphatic rings. The predicted octanol–water partition coefficient (Wildman–Crippen LogP) is 4.15. The van der Waals surface area contributed by atoms with Crippen LogP contribution in [0.15, 0.2) is 68.7 Å². The van der Waals surface area contributed by atoms with Gasteiger partial charge in [0.2, 0.25) is 4.80 Å². The summed E-state index contributed by atoms with van der Waals surface area (Å²) in [6.45, 7) is 4.51. The second kappa shape index (κ2) is 6.58. The monoisotopic (exact) mass is 311 g/mol. The Bertz CT molecular complexity index is 822. The second-order valence-electron chi connectivity index (χ2n) is 5.08. The lowest BCUT2D eigenvalue weighted by molar-refractivity contribution is 0.491. The first-order valence-corrected chi connectivity index (χ1v) is 7.93. The van der Waals surface area contributed by atoms with E-state index < -0.39 is 0 Å². The molecule has 2 aromatic heterocycles. The predicted molar refractivity (Wildman–Crippen MR) is 89.9 cm³/mol. The molecular formula is C17H17N3OS. The zero-order valence-corrected chi connectivity index (χ0v) is 13.4. The van der Waals surface area contributed by atoms with Gasteiger partial charge in [-0.25, -0.2) is 0 Å². The van der Waals surface area contributed by atoms with E-state index in [-0.39, 0.29) is 0 Å². The Labute approximate surface area is 133 Å². The number of benzene rings is 1. The van der Waals surface area contributed by atoms with Crippen LogP contribution in [0, 0.1) is 0 Å². The van der Waals surface area contributed by atoms with Crippen LogP contribution < -0.4 is 4.80 Å². The van der Waals surface area contributed by atoms with Crippen molar-refractivity contribution >= 4 is 17.0 Å². The second-order valence-corrected chi connectivity index (χ2v) is 5.92. The van der Waals surface area contributed by atoms with Gasteiger partial charge in [0, 0.05) is 11.1 Å². The molecule has 1 aromatic carbocycles. The first-order valence-electron chi connectivity index (χ1n) is 7.05. The Hall–Kier alpha value is -2.40. The number of hydrogen-bond donors (Lipinski definition) is 0. The van der Waals surface area contributed by atoms with Gasteiger partial charge in [-0.3, -0.25) is 0 Å². The highest BCUT2D eigenvalue weighted by Gasteiger charge is 2.09. The van der Waals surface area contributed by atoms with Crippen LogP contribution in [0.5, 0.6) is 0 Å². The molecule has 0 bridgehead atoms. The lowest BCUT2D eigenvalue weighted by atomic mass is 10.2. The van der Waals surface area contributed by atoms with Crippen molar-refractivity contribution in [1.29, 1.82) is 0 Å². The van der Waals surface area contributed by atoms with Crippen molar-refractivity contribution in [3.8, 4) is 11.3 Å². The summed E-state index contributed by atoms with van der Waals surface area (Å²) in [4.78, 5) is 0.858. The van der Waals surface area contributed by atoms with E-state index in [2.05, 4.69) is 32.3 Å². The van der Waals surface area contributed by atoms with Crippen LogP contribution in [-0.2, 0) is 6.54 Å². The van der Waals surface area contributed by atoms with Crippen molar-refractivity contribution in [2.24, 2.45) is 10.2 Å². The van der Waals surface area contributed by atoms with Crippen LogP contribution in [0.25, 0.3) is 11.3 Å². The molecule has 3 rings (SSSR count). The van der Waals surface area contributed by atoms with Gasteiger partial charge in [0.15, 0.2) is 0 Å². The molecule has 5 heteroatoms. The van der Waals surface area contributed by atoms with Crippen molar-refractivity contribution < 1.29 is 4.42 Å². The average molecular weight is 311 g/mol. The van der Waals surface area contributed by atoms with E-state index in [1.807, 2.05) is 44.2 Å². The molecule has 0 atom stereocenters. The number of rotatable bonds is 4. The SMILES string of the molecule is CC(C)=N/N=c1/scc(-c2ccccc2)n1Cc1ccco1.